The first-order chi connectivity index (χ1) is 10.2. The number of para-hydroxylation sites is 1. The van der Waals surface area contributed by atoms with E-state index in [2.05, 4.69) is 9.97 Å². The van der Waals surface area contributed by atoms with Crippen LogP contribution in [0.2, 0.25) is 0 Å². The lowest BCUT2D eigenvalue weighted by Gasteiger charge is -2.01. The number of nitrogens with zero attached hydrogens (tertiary/aromatic N) is 3. The Hall–Kier alpha value is -2.95. The molecule has 0 aliphatic carbocycles. The van der Waals surface area contributed by atoms with Crippen molar-refractivity contribution in [3.8, 4) is 5.69 Å². The molecule has 0 amide bonds. The van der Waals surface area contributed by atoms with Crippen LogP contribution in [0.3, 0.4) is 0 Å². The molecule has 0 aliphatic rings. The molecule has 0 saturated heterocycles. The monoisotopic (exact) mass is 277 g/mol. The van der Waals surface area contributed by atoms with Gasteiger partial charge in [-0.25, -0.2) is 18.7 Å². The number of aryl methyl sites for hydroxylation is 1. The molecule has 0 unspecified atom stereocenters. The predicted molar refractivity (Wildman–Crippen MR) is 79.6 cm³/mol. The van der Waals surface area contributed by atoms with Crippen molar-refractivity contribution < 1.29 is 4.40 Å². The number of aromatic nitrogens is 4. The van der Waals surface area contributed by atoms with Crippen LogP contribution < -0.4 is 10.1 Å². The smallest absolute Gasteiger partial charge is 0.240 e. The van der Waals surface area contributed by atoms with E-state index in [1.807, 2.05) is 60.0 Å². The van der Waals surface area contributed by atoms with E-state index in [9.17, 15) is 4.79 Å². The number of imidazole rings is 1. The number of benzene rings is 1. The minimum atomic E-state index is -0.168. The molecular weight excluding hydrogens is 264 g/mol. The number of pyridine rings is 1. The minimum Gasteiger partial charge on any atom is -0.240 e. The lowest BCUT2D eigenvalue weighted by atomic mass is 10.3. The van der Waals surface area contributed by atoms with E-state index in [0.29, 0.717) is 0 Å². The Bertz CT molecular complexity index is 1010. The van der Waals surface area contributed by atoms with E-state index in [-0.39, 0.29) is 5.69 Å². The minimum absolute atomic E-state index is 0.168. The SMILES string of the molecule is Cc1cc[n+]2c(c1)ncc1c2[nH]c(=O)n1-c1ccccc1. The summed E-state index contributed by atoms with van der Waals surface area (Å²) in [6.45, 7) is 2.02. The Morgan fingerprint density at radius 2 is 2.00 bits per heavy atom. The standard InChI is InChI=1S/C16H12N4O/c1-11-7-8-19-14(9-11)17-10-13-15(19)18-16(21)20(13)12-5-3-2-4-6-12/h2-10H,1H3/p+1. The van der Waals surface area contributed by atoms with Crippen molar-refractivity contribution in [2.45, 2.75) is 6.92 Å². The van der Waals surface area contributed by atoms with Crippen LogP contribution in [0.1, 0.15) is 5.56 Å². The molecule has 0 saturated carbocycles. The predicted octanol–water partition coefficient (Wildman–Crippen LogP) is 1.76. The second kappa shape index (κ2) is 4.28. The molecule has 3 aromatic heterocycles. The van der Waals surface area contributed by atoms with Gasteiger partial charge in [0.1, 0.15) is 6.20 Å². The zero-order chi connectivity index (χ0) is 14.4. The highest BCUT2D eigenvalue weighted by molar-refractivity contribution is 5.70. The summed E-state index contributed by atoms with van der Waals surface area (Å²) in [4.78, 5) is 19.7. The van der Waals surface area contributed by atoms with Crippen LogP contribution in [0.15, 0.2) is 59.7 Å². The molecule has 0 spiro atoms. The topological polar surface area (TPSA) is 54.8 Å². The number of fused-ring (bicyclic) bond motifs is 3. The summed E-state index contributed by atoms with van der Waals surface area (Å²) < 4.78 is 3.53. The first-order valence-corrected chi connectivity index (χ1v) is 6.71. The third-order valence-electron chi connectivity index (χ3n) is 3.58. The highest BCUT2D eigenvalue weighted by Crippen LogP contribution is 2.12. The van der Waals surface area contributed by atoms with Crippen LogP contribution in [0.4, 0.5) is 0 Å². The average molecular weight is 277 g/mol. The van der Waals surface area contributed by atoms with Crippen molar-refractivity contribution in [3.05, 3.63) is 70.9 Å². The molecule has 0 bridgehead atoms. The van der Waals surface area contributed by atoms with Gasteiger partial charge in [-0.05, 0) is 30.7 Å². The van der Waals surface area contributed by atoms with Crippen LogP contribution in [0, 0.1) is 6.92 Å². The van der Waals surface area contributed by atoms with Gasteiger partial charge in [0.15, 0.2) is 5.52 Å². The number of H-pyrrole nitrogens is 1. The fourth-order valence-corrected chi connectivity index (χ4v) is 2.58. The molecule has 3 heterocycles. The molecule has 102 valence electrons. The van der Waals surface area contributed by atoms with E-state index >= 15 is 0 Å². The van der Waals surface area contributed by atoms with Crippen molar-refractivity contribution in [3.63, 3.8) is 0 Å². The van der Waals surface area contributed by atoms with Crippen LogP contribution in [-0.4, -0.2) is 14.5 Å². The maximum Gasteiger partial charge on any atom is 0.389 e. The maximum atomic E-state index is 12.3. The van der Waals surface area contributed by atoms with Gasteiger partial charge in [-0.3, -0.25) is 0 Å². The summed E-state index contributed by atoms with van der Waals surface area (Å²) in [6.07, 6.45) is 3.65. The van der Waals surface area contributed by atoms with Crippen LogP contribution >= 0.6 is 0 Å². The molecule has 21 heavy (non-hydrogen) atoms. The molecule has 0 fully saturated rings. The van der Waals surface area contributed by atoms with E-state index < -0.39 is 0 Å². The Kier molecular flexibility index (Phi) is 2.41. The van der Waals surface area contributed by atoms with Crippen molar-refractivity contribution in [2.75, 3.05) is 0 Å². The first kappa shape index (κ1) is 11.8. The Morgan fingerprint density at radius 3 is 2.81 bits per heavy atom. The number of hydrogen-bond donors (Lipinski definition) is 1. The lowest BCUT2D eigenvalue weighted by Crippen LogP contribution is -2.24. The fraction of sp³-hybridized carbons (Fsp3) is 0.0625. The molecule has 1 aromatic carbocycles. The van der Waals surface area contributed by atoms with Gasteiger partial charge < -0.3 is 0 Å². The van der Waals surface area contributed by atoms with Crippen LogP contribution in [0.5, 0.6) is 0 Å². The number of nitrogens with one attached hydrogen (secondary N) is 1. The van der Waals surface area contributed by atoms with Gasteiger partial charge in [0.2, 0.25) is 0 Å². The molecule has 5 nitrogen and oxygen atoms in total. The van der Waals surface area contributed by atoms with Crippen LogP contribution in [0.25, 0.3) is 22.5 Å². The van der Waals surface area contributed by atoms with Crippen molar-refractivity contribution >= 4 is 16.8 Å². The quantitative estimate of drug-likeness (QED) is 0.539. The van der Waals surface area contributed by atoms with Gasteiger partial charge >= 0.3 is 5.69 Å². The van der Waals surface area contributed by atoms with Crippen molar-refractivity contribution in [1.29, 1.82) is 0 Å². The third-order valence-corrected chi connectivity index (χ3v) is 3.58. The van der Waals surface area contributed by atoms with E-state index in [4.69, 9.17) is 0 Å². The lowest BCUT2D eigenvalue weighted by molar-refractivity contribution is -0.486. The van der Waals surface area contributed by atoms with Gasteiger partial charge in [-0.2, -0.15) is 0 Å². The molecule has 1 N–H and O–H groups in total. The van der Waals surface area contributed by atoms with Gasteiger partial charge in [0, 0.05) is 6.07 Å². The Labute approximate surface area is 120 Å². The van der Waals surface area contributed by atoms with E-state index in [1.54, 1.807) is 10.8 Å². The number of hydrogen-bond acceptors (Lipinski definition) is 2. The molecular formula is C16H13N4O+. The van der Waals surface area contributed by atoms with Gasteiger partial charge in [-0.1, -0.05) is 18.2 Å². The first-order valence-electron chi connectivity index (χ1n) is 6.71. The molecule has 5 heteroatoms. The summed E-state index contributed by atoms with van der Waals surface area (Å²) in [5, 5.41) is 0. The summed E-state index contributed by atoms with van der Waals surface area (Å²) in [7, 11) is 0. The van der Waals surface area contributed by atoms with Gasteiger partial charge in [-0.15, -0.1) is 4.98 Å². The largest absolute Gasteiger partial charge is 0.389 e. The molecule has 0 radical (unpaired) electrons. The summed E-state index contributed by atoms with van der Waals surface area (Å²) in [5.41, 5.74) is 4.10. The Balaban J connectivity index is 2.13. The fourth-order valence-electron chi connectivity index (χ4n) is 2.58. The molecule has 4 aromatic rings. The van der Waals surface area contributed by atoms with Crippen molar-refractivity contribution in [1.82, 2.24) is 14.5 Å². The van der Waals surface area contributed by atoms with Gasteiger partial charge in [0.05, 0.1) is 11.9 Å². The second-order valence-corrected chi connectivity index (χ2v) is 5.03. The van der Waals surface area contributed by atoms with Crippen molar-refractivity contribution in [2.24, 2.45) is 0 Å². The maximum absolute atomic E-state index is 12.3. The molecule has 0 atom stereocenters. The summed E-state index contributed by atoms with van der Waals surface area (Å²) in [6, 6.07) is 13.5. The highest BCUT2D eigenvalue weighted by atomic mass is 16.1. The van der Waals surface area contributed by atoms with Gasteiger partial charge in [0.25, 0.3) is 11.3 Å². The third kappa shape index (κ3) is 1.74. The highest BCUT2D eigenvalue weighted by Gasteiger charge is 2.17. The molecule has 0 aliphatic heterocycles. The number of rotatable bonds is 1. The zero-order valence-corrected chi connectivity index (χ0v) is 11.4. The number of aromatic amines is 1. The van der Waals surface area contributed by atoms with E-state index in [1.165, 1.54) is 0 Å². The summed E-state index contributed by atoms with van der Waals surface area (Å²) in [5.74, 6) is 0. The normalized spacial score (nSPS) is 11.3. The zero-order valence-electron chi connectivity index (χ0n) is 11.4. The Morgan fingerprint density at radius 1 is 1.19 bits per heavy atom. The van der Waals surface area contributed by atoms with Crippen LogP contribution in [-0.2, 0) is 0 Å². The molecule has 4 rings (SSSR count). The van der Waals surface area contributed by atoms with E-state index in [0.717, 1.165) is 28.1 Å². The second-order valence-electron chi connectivity index (χ2n) is 5.03. The average Bonchev–Trinajstić information content (AvgIpc) is 2.84. The summed E-state index contributed by atoms with van der Waals surface area (Å²) >= 11 is 0.